The molecule has 2 heterocycles. The molecule has 180 valence electrons. The van der Waals surface area contributed by atoms with Gasteiger partial charge in [-0.05, 0) is 0 Å². The Hall–Kier alpha value is -2.10. The Morgan fingerprint density at radius 3 is 1.00 bits per heavy atom. The van der Waals surface area contributed by atoms with Gasteiger partial charge in [-0.3, -0.25) is 0 Å². The van der Waals surface area contributed by atoms with Crippen LogP contribution in [0.15, 0.2) is 133 Å². The first-order valence-electron chi connectivity index (χ1n) is 11.8. The van der Waals surface area contributed by atoms with Gasteiger partial charge in [0.15, 0.2) is 0 Å². The number of rotatable bonds is 6. The zero-order valence-corrected chi connectivity index (χ0v) is 25.9. The quantitative estimate of drug-likeness (QED) is 0.265. The van der Waals surface area contributed by atoms with E-state index in [1.165, 1.54) is 32.8 Å². The summed E-state index contributed by atoms with van der Waals surface area (Å²) in [6.07, 6.45) is 0. The minimum atomic E-state index is -1.04. The summed E-state index contributed by atoms with van der Waals surface area (Å²) in [6.45, 7) is 0. The molecule has 0 bridgehead atoms. The van der Waals surface area contributed by atoms with Crippen molar-refractivity contribution >= 4 is 22.9 Å². The Labute approximate surface area is 246 Å². The van der Waals surface area contributed by atoms with Crippen molar-refractivity contribution in [2.75, 3.05) is 0 Å². The van der Waals surface area contributed by atoms with Gasteiger partial charge >= 0.3 is 223 Å². The van der Waals surface area contributed by atoms with Gasteiger partial charge in [0.25, 0.3) is 0 Å². The van der Waals surface area contributed by atoms with Crippen molar-refractivity contribution in [3.63, 3.8) is 0 Å². The molecule has 0 spiro atoms. The molecule has 2 aromatic heterocycles. The van der Waals surface area contributed by atoms with Crippen molar-refractivity contribution in [2.45, 2.75) is 0 Å². The molecule has 37 heavy (non-hydrogen) atoms. The summed E-state index contributed by atoms with van der Waals surface area (Å²) >= 11 is -1.04. The number of hydrogen-bond acceptors (Lipinski definition) is 0. The van der Waals surface area contributed by atoms with Gasteiger partial charge < -0.3 is 24.8 Å². The van der Waals surface area contributed by atoms with Crippen LogP contribution in [0.3, 0.4) is 0 Å². The molecule has 5 heteroatoms. The van der Waals surface area contributed by atoms with Crippen molar-refractivity contribution in [3.8, 4) is 43.4 Å². The second kappa shape index (κ2) is 13.1. The first-order chi connectivity index (χ1) is 17.3. The molecule has 0 aliphatic carbocycles. The zero-order valence-electron chi connectivity index (χ0n) is 20.0. The maximum atomic E-state index is 2.54. The van der Waals surface area contributed by atoms with Crippen LogP contribution in [0.2, 0.25) is 0 Å². The third kappa shape index (κ3) is 6.32. The van der Waals surface area contributed by atoms with E-state index in [-0.39, 0.29) is 24.8 Å². The second-order valence-electron chi connectivity index (χ2n) is 8.53. The van der Waals surface area contributed by atoms with Gasteiger partial charge in [0, 0.05) is 0 Å². The molecular formula is C32H24Cl2P2Zr. The fourth-order valence-electron chi connectivity index (χ4n) is 4.46. The van der Waals surface area contributed by atoms with Gasteiger partial charge in [-0.2, -0.15) is 0 Å². The molecule has 0 nitrogen and oxygen atoms in total. The molecule has 0 N–H and O–H groups in total. The normalized spacial score (nSPS) is 10.6. The van der Waals surface area contributed by atoms with E-state index in [2.05, 4.69) is 133 Å². The van der Waals surface area contributed by atoms with Crippen LogP contribution in [0.1, 0.15) is 0 Å². The van der Waals surface area contributed by atoms with E-state index in [4.69, 9.17) is 0 Å². The average molecular weight is 633 g/mol. The minimum absolute atomic E-state index is 0. The summed E-state index contributed by atoms with van der Waals surface area (Å²) in [5.41, 5.74) is 5.50. The molecular weight excluding hydrogens is 608 g/mol. The van der Waals surface area contributed by atoms with E-state index in [9.17, 15) is 0 Å². The molecule has 0 saturated heterocycles. The standard InChI is InChI=1S/2C16H12P.2ClH.Zr/c2*1-3-7-13(8-4-1)15-11-12-16(17-15)14-9-5-2-6-10-14;;;/h2*1-11,17H;2*1H;/q;;;;+2/p-2. The van der Waals surface area contributed by atoms with E-state index in [0.717, 1.165) is 0 Å². The molecule has 4 aromatic carbocycles. The fourth-order valence-corrected chi connectivity index (χ4v) is 12.6. The molecule has 0 amide bonds. The van der Waals surface area contributed by atoms with Gasteiger partial charge in [0.2, 0.25) is 0 Å². The Bertz CT molecular complexity index is 1430. The number of benzene rings is 4. The SMILES string of the molecule is [Cl-].[Cl-].c1ccc(-c2c[c]([Zr+2][c]3cc(-c4ccccc4)[pH]c3-c3ccccc3)c(-c3ccccc3)[pH]2)cc1. The van der Waals surface area contributed by atoms with Crippen LogP contribution < -0.4 is 31.4 Å². The van der Waals surface area contributed by atoms with Crippen LogP contribution in [0.4, 0.5) is 0 Å². The van der Waals surface area contributed by atoms with Crippen molar-refractivity contribution in [1.82, 2.24) is 0 Å². The summed E-state index contributed by atoms with van der Waals surface area (Å²) in [5.74, 6) is 0. The predicted octanol–water partition coefficient (Wildman–Crippen LogP) is 2.46. The Kier molecular flexibility index (Phi) is 9.90. The van der Waals surface area contributed by atoms with Crippen molar-refractivity contribution in [1.29, 1.82) is 0 Å². The summed E-state index contributed by atoms with van der Waals surface area (Å²) in [6, 6.07) is 49.1. The van der Waals surface area contributed by atoms with E-state index in [1.54, 1.807) is 17.1 Å². The number of halogens is 2. The third-order valence-electron chi connectivity index (χ3n) is 6.20. The molecule has 0 saturated carbocycles. The van der Waals surface area contributed by atoms with Crippen LogP contribution in [0, 0.1) is 0 Å². The van der Waals surface area contributed by atoms with E-state index >= 15 is 0 Å². The van der Waals surface area contributed by atoms with Crippen molar-refractivity contribution in [3.05, 3.63) is 133 Å². The fraction of sp³-hybridized carbons (Fsp3) is 0. The van der Waals surface area contributed by atoms with Crippen LogP contribution in [-0.2, 0) is 23.2 Å². The molecule has 0 aliphatic rings. The van der Waals surface area contributed by atoms with Gasteiger partial charge in [-0.1, -0.05) is 0 Å². The van der Waals surface area contributed by atoms with Gasteiger partial charge in [-0.25, -0.2) is 0 Å². The third-order valence-corrected chi connectivity index (χ3v) is 13.7. The topological polar surface area (TPSA) is 0 Å². The molecule has 6 rings (SSSR count). The molecule has 0 fully saturated rings. The van der Waals surface area contributed by atoms with Gasteiger partial charge in [0.05, 0.1) is 0 Å². The van der Waals surface area contributed by atoms with Crippen LogP contribution in [0.25, 0.3) is 43.4 Å². The molecule has 2 atom stereocenters. The maximum absolute atomic E-state index is 2.54. The summed E-state index contributed by atoms with van der Waals surface area (Å²) in [4.78, 5) is 0. The zero-order chi connectivity index (χ0) is 23.5. The molecule has 2 unspecified atom stereocenters. The first kappa shape index (κ1) is 27.9. The molecule has 0 aliphatic heterocycles. The Balaban J connectivity index is 0.00000160. The van der Waals surface area contributed by atoms with E-state index < -0.39 is 23.2 Å². The molecule has 6 aromatic rings. The summed E-state index contributed by atoms with van der Waals surface area (Å²) in [7, 11) is 1.43. The average Bonchev–Trinajstić information content (AvgIpc) is 3.56. The molecule has 0 radical (unpaired) electrons. The van der Waals surface area contributed by atoms with Crippen molar-refractivity contribution in [2.24, 2.45) is 0 Å². The van der Waals surface area contributed by atoms with E-state index in [0.29, 0.717) is 16.4 Å². The first-order valence-corrected chi connectivity index (χ1v) is 16.3. The summed E-state index contributed by atoms with van der Waals surface area (Å²) in [5, 5.41) is 6.08. The predicted molar refractivity (Wildman–Crippen MR) is 153 cm³/mol. The van der Waals surface area contributed by atoms with Crippen LogP contribution in [-0.4, -0.2) is 0 Å². The van der Waals surface area contributed by atoms with Crippen LogP contribution in [0.5, 0.6) is 0 Å². The van der Waals surface area contributed by atoms with Gasteiger partial charge in [0.1, 0.15) is 0 Å². The van der Waals surface area contributed by atoms with Gasteiger partial charge in [-0.15, -0.1) is 0 Å². The van der Waals surface area contributed by atoms with Crippen molar-refractivity contribution < 1.29 is 48.0 Å². The Morgan fingerprint density at radius 1 is 0.378 bits per heavy atom. The second-order valence-corrected chi connectivity index (χ2v) is 14.4. The van der Waals surface area contributed by atoms with E-state index in [1.807, 2.05) is 0 Å². The number of hydrogen-bond donors (Lipinski definition) is 0. The summed E-state index contributed by atoms with van der Waals surface area (Å²) < 4.78 is 3.24. The van der Waals surface area contributed by atoms with Crippen LogP contribution >= 0.6 is 16.4 Å². The Morgan fingerprint density at radius 2 is 0.676 bits per heavy atom. The monoisotopic (exact) mass is 630 g/mol.